The number of hydrogen-bond donors (Lipinski definition) is 1. The Morgan fingerprint density at radius 3 is 2.42 bits per heavy atom. The van der Waals surface area contributed by atoms with E-state index in [4.69, 9.17) is 5.11 Å². The van der Waals surface area contributed by atoms with Crippen molar-refractivity contribution in [1.29, 1.82) is 0 Å². The van der Waals surface area contributed by atoms with Crippen LogP contribution in [0.3, 0.4) is 0 Å². The van der Waals surface area contributed by atoms with Crippen LogP contribution >= 0.6 is 11.8 Å². The van der Waals surface area contributed by atoms with E-state index in [0.29, 0.717) is 5.25 Å². The van der Waals surface area contributed by atoms with Gasteiger partial charge >= 0.3 is 5.97 Å². The van der Waals surface area contributed by atoms with Gasteiger partial charge in [0, 0.05) is 21.3 Å². The maximum atomic E-state index is 10.9. The number of carboxylic acids is 1. The normalized spacial score (nSPS) is 18.2. The topological polar surface area (TPSA) is 37.3 Å². The van der Waals surface area contributed by atoms with E-state index in [1.165, 1.54) is 10.5 Å². The molecule has 2 aromatic carbocycles. The molecule has 0 amide bonds. The summed E-state index contributed by atoms with van der Waals surface area (Å²) in [6.45, 7) is 6.87. The van der Waals surface area contributed by atoms with Crippen molar-refractivity contribution < 1.29 is 9.90 Å². The summed E-state index contributed by atoms with van der Waals surface area (Å²) in [6, 6.07) is 13.1. The fourth-order valence-electron chi connectivity index (χ4n) is 3.17. The van der Waals surface area contributed by atoms with Crippen LogP contribution < -0.4 is 0 Å². The Morgan fingerprint density at radius 1 is 1.12 bits per heavy atom. The standard InChI is InChI=1S/C21H20O2S/c1-14-13-21(2,3)18-12-16(8-11-19(18)24-14)5-4-15-6-9-17(10-7-15)20(22)23/h6-12,14H,13H2,1-3H3,(H,22,23). The van der Waals surface area contributed by atoms with Gasteiger partial charge in [0.05, 0.1) is 5.56 Å². The Bertz CT molecular complexity index is 838. The number of aromatic carboxylic acids is 1. The molecule has 2 aromatic rings. The number of carboxylic acid groups (broad SMARTS) is 1. The molecular weight excluding hydrogens is 316 g/mol. The van der Waals surface area contributed by atoms with E-state index in [1.54, 1.807) is 24.3 Å². The number of rotatable bonds is 1. The molecule has 0 spiro atoms. The Kier molecular flexibility index (Phi) is 4.43. The molecule has 1 aliphatic rings. The third-order valence-electron chi connectivity index (χ3n) is 4.32. The van der Waals surface area contributed by atoms with Crippen molar-refractivity contribution in [3.8, 4) is 11.8 Å². The molecule has 1 N–H and O–H groups in total. The molecule has 0 saturated heterocycles. The zero-order chi connectivity index (χ0) is 17.3. The molecule has 0 bridgehead atoms. The van der Waals surface area contributed by atoms with E-state index in [-0.39, 0.29) is 11.0 Å². The Balaban J connectivity index is 1.89. The van der Waals surface area contributed by atoms with Crippen molar-refractivity contribution in [3.05, 3.63) is 64.7 Å². The predicted molar refractivity (Wildman–Crippen MR) is 98.8 cm³/mol. The summed E-state index contributed by atoms with van der Waals surface area (Å²) in [4.78, 5) is 12.2. The first-order valence-electron chi connectivity index (χ1n) is 8.02. The minimum atomic E-state index is -0.918. The van der Waals surface area contributed by atoms with Crippen LogP contribution in [0.5, 0.6) is 0 Å². The van der Waals surface area contributed by atoms with E-state index < -0.39 is 5.97 Å². The number of thioether (sulfide) groups is 1. The smallest absolute Gasteiger partial charge is 0.335 e. The van der Waals surface area contributed by atoms with Gasteiger partial charge in [0.15, 0.2) is 0 Å². The summed E-state index contributed by atoms with van der Waals surface area (Å²) in [6.07, 6.45) is 1.16. The van der Waals surface area contributed by atoms with Crippen molar-refractivity contribution in [2.24, 2.45) is 0 Å². The van der Waals surface area contributed by atoms with E-state index in [0.717, 1.165) is 17.5 Å². The highest BCUT2D eigenvalue weighted by molar-refractivity contribution is 8.00. The van der Waals surface area contributed by atoms with Crippen LogP contribution in [0.25, 0.3) is 0 Å². The summed E-state index contributed by atoms with van der Waals surface area (Å²) in [7, 11) is 0. The van der Waals surface area contributed by atoms with Crippen molar-refractivity contribution in [1.82, 2.24) is 0 Å². The van der Waals surface area contributed by atoms with Gasteiger partial charge in [0.2, 0.25) is 0 Å². The van der Waals surface area contributed by atoms with Gasteiger partial charge in [-0.1, -0.05) is 32.6 Å². The molecule has 1 heterocycles. The van der Waals surface area contributed by atoms with Crippen molar-refractivity contribution in [2.75, 3.05) is 0 Å². The van der Waals surface area contributed by atoms with Crippen LogP contribution in [0, 0.1) is 11.8 Å². The van der Waals surface area contributed by atoms with Crippen LogP contribution in [0.4, 0.5) is 0 Å². The molecule has 0 fully saturated rings. The minimum absolute atomic E-state index is 0.167. The van der Waals surface area contributed by atoms with Gasteiger partial charge in [-0.25, -0.2) is 4.79 Å². The summed E-state index contributed by atoms with van der Waals surface area (Å²) < 4.78 is 0. The molecule has 24 heavy (non-hydrogen) atoms. The van der Waals surface area contributed by atoms with Crippen molar-refractivity contribution in [2.45, 2.75) is 42.8 Å². The quantitative estimate of drug-likeness (QED) is 0.749. The fourth-order valence-corrected chi connectivity index (χ4v) is 4.71. The zero-order valence-electron chi connectivity index (χ0n) is 14.1. The fraction of sp³-hybridized carbons (Fsp3) is 0.286. The largest absolute Gasteiger partial charge is 0.478 e. The van der Waals surface area contributed by atoms with Crippen molar-refractivity contribution >= 4 is 17.7 Å². The molecular formula is C21H20O2S. The van der Waals surface area contributed by atoms with E-state index in [2.05, 4.69) is 50.8 Å². The van der Waals surface area contributed by atoms with Crippen LogP contribution in [0.15, 0.2) is 47.4 Å². The highest BCUT2D eigenvalue weighted by Crippen LogP contribution is 2.45. The second-order valence-corrected chi connectivity index (χ2v) is 8.34. The summed E-state index contributed by atoms with van der Waals surface area (Å²) in [5, 5.41) is 9.56. The SMILES string of the molecule is CC1CC(C)(C)c2cc(C#Cc3ccc(C(=O)O)cc3)ccc2S1. The Morgan fingerprint density at radius 2 is 1.75 bits per heavy atom. The average molecular weight is 336 g/mol. The molecule has 1 unspecified atom stereocenters. The van der Waals surface area contributed by atoms with E-state index in [1.807, 2.05) is 11.8 Å². The third-order valence-corrected chi connectivity index (χ3v) is 5.50. The molecule has 1 aliphatic heterocycles. The van der Waals surface area contributed by atoms with Crippen LogP contribution in [-0.2, 0) is 5.41 Å². The molecule has 2 nitrogen and oxygen atoms in total. The maximum Gasteiger partial charge on any atom is 0.335 e. The molecule has 3 rings (SSSR count). The molecule has 0 aliphatic carbocycles. The second kappa shape index (κ2) is 6.37. The first-order valence-corrected chi connectivity index (χ1v) is 8.90. The van der Waals surface area contributed by atoms with E-state index in [9.17, 15) is 4.79 Å². The van der Waals surface area contributed by atoms with Crippen molar-refractivity contribution in [3.63, 3.8) is 0 Å². The first-order chi connectivity index (χ1) is 11.3. The summed E-state index contributed by atoms with van der Waals surface area (Å²) >= 11 is 1.94. The van der Waals surface area contributed by atoms with Gasteiger partial charge in [-0.15, -0.1) is 11.8 Å². The lowest BCUT2D eigenvalue weighted by Gasteiger charge is -2.35. The number of hydrogen-bond acceptors (Lipinski definition) is 2. The lowest BCUT2D eigenvalue weighted by Crippen LogP contribution is -2.26. The maximum absolute atomic E-state index is 10.9. The van der Waals surface area contributed by atoms with Gasteiger partial charge in [0.25, 0.3) is 0 Å². The monoisotopic (exact) mass is 336 g/mol. The van der Waals surface area contributed by atoms with Gasteiger partial charge in [-0.3, -0.25) is 0 Å². The Hall–Kier alpha value is -2.18. The predicted octanol–water partition coefficient (Wildman–Crippen LogP) is 4.95. The highest BCUT2D eigenvalue weighted by Gasteiger charge is 2.31. The zero-order valence-corrected chi connectivity index (χ0v) is 14.9. The summed E-state index contributed by atoms with van der Waals surface area (Å²) in [5.74, 6) is 5.40. The molecule has 122 valence electrons. The van der Waals surface area contributed by atoms with Gasteiger partial charge < -0.3 is 5.11 Å². The highest BCUT2D eigenvalue weighted by atomic mass is 32.2. The Labute approximate surface area is 147 Å². The van der Waals surface area contributed by atoms with Crippen LogP contribution in [-0.4, -0.2) is 16.3 Å². The minimum Gasteiger partial charge on any atom is -0.478 e. The lowest BCUT2D eigenvalue weighted by molar-refractivity contribution is 0.0697. The molecule has 3 heteroatoms. The third kappa shape index (κ3) is 3.49. The van der Waals surface area contributed by atoms with Crippen LogP contribution in [0.2, 0.25) is 0 Å². The van der Waals surface area contributed by atoms with Crippen LogP contribution in [0.1, 0.15) is 54.2 Å². The number of benzene rings is 2. The molecule has 0 aromatic heterocycles. The lowest BCUT2D eigenvalue weighted by atomic mass is 9.79. The molecule has 0 radical (unpaired) electrons. The van der Waals surface area contributed by atoms with E-state index >= 15 is 0 Å². The van der Waals surface area contributed by atoms with Gasteiger partial charge in [-0.05, 0) is 59.9 Å². The molecule has 0 saturated carbocycles. The summed E-state index contributed by atoms with van der Waals surface area (Å²) in [5.41, 5.74) is 3.64. The van der Waals surface area contributed by atoms with Gasteiger partial charge in [0.1, 0.15) is 0 Å². The average Bonchev–Trinajstić information content (AvgIpc) is 2.52. The van der Waals surface area contributed by atoms with Gasteiger partial charge in [-0.2, -0.15) is 0 Å². The molecule has 1 atom stereocenters. The first kappa shape index (κ1) is 16.7. The number of carbonyl (C=O) groups is 1. The second-order valence-electron chi connectivity index (χ2n) is 6.86. The number of fused-ring (bicyclic) bond motifs is 1.